The van der Waals surface area contributed by atoms with E-state index in [4.69, 9.17) is 4.74 Å². The van der Waals surface area contributed by atoms with Crippen molar-refractivity contribution >= 4 is 17.5 Å². The third kappa shape index (κ3) is 5.43. The molecule has 2 heterocycles. The van der Waals surface area contributed by atoms with Gasteiger partial charge in [0.2, 0.25) is 5.91 Å². The van der Waals surface area contributed by atoms with Crippen molar-refractivity contribution in [2.24, 2.45) is 5.92 Å². The molecular weight excluding hydrogens is 428 g/mol. The highest BCUT2D eigenvalue weighted by Gasteiger charge is 2.30. The van der Waals surface area contributed by atoms with E-state index in [1.54, 1.807) is 7.11 Å². The van der Waals surface area contributed by atoms with Crippen LogP contribution in [0, 0.1) is 17.6 Å². The van der Waals surface area contributed by atoms with Gasteiger partial charge < -0.3 is 19.9 Å². The van der Waals surface area contributed by atoms with Crippen molar-refractivity contribution in [3.8, 4) is 5.75 Å². The average molecular weight is 458 g/mol. The van der Waals surface area contributed by atoms with Crippen LogP contribution >= 0.6 is 0 Å². The van der Waals surface area contributed by atoms with E-state index in [9.17, 15) is 18.4 Å². The van der Waals surface area contributed by atoms with E-state index in [0.29, 0.717) is 32.0 Å². The van der Waals surface area contributed by atoms with E-state index in [0.717, 1.165) is 43.4 Å². The number of methoxy groups -OCH3 is 1. The molecule has 2 amide bonds. The first-order chi connectivity index (χ1) is 15.9. The molecule has 0 aromatic heterocycles. The number of amides is 2. The molecule has 2 aliphatic rings. The molecule has 0 radical (unpaired) electrons. The first-order valence-electron chi connectivity index (χ1n) is 11.4. The van der Waals surface area contributed by atoms with Gasteiger partial charge in [-0.3, -0.25) is 9.59 Å². The number of likely N-dealkylation sites (tertiary alicyclic amines) is 1. The normalized spacial score (nSPS) is 17.7. The van der Waals surface area contributed by atoms with Crippen LogP contribution in [0.2, 0.25) is 0 Å². The quantitative estimate of drug-likeness (QED) is 0.745. The Kier molecular flexibility index (Phi) is 7.11. The van der Waals surface area contributed by atoms with Gasteiger partial charge in [-0.2, -0.15) is 0 Å². The molecule has 2 aromatic rings. The summed E-state index contributed by atoms with van der Waals surface area (Å²) in [6.45, 7) is 2.49. The van der Waals surface area contributed by atoms with Gasteiger partial charge in [0, 0.05) is 49.9 Å². The van der Waals surface area contributed by atoms with Crippen molar-refractivity contribution < 1.29 is 23.1 Å². The molecule has 0 saturated carbocycles. The van der Waals surface area contributed by atoms with E-state index in [2.05, 4.69) is 10.2 Å². The first-order valence-corrected chi connectivity index (χ1v) is 11.4. The molecule has 8 heteroatoms. The predicted octanol–water partition coefficient (Wildman–Crippen LogP) is 3.61. The van der Waals surface area contributed by atoms with Crippen LogP contribution in [0.5, 0.6) is 5.75 Å². The van der Waals surface area contributed by atoms with Crippen LogP contribution in [0.4, 0.5) is 14.5 Å². The molecule has 2 aliphatic heterocycles. The number of anilines is 1. The summed E-state index contributed by atoms with van der Waals surface area (Å²) in [5.74, 6) is -1.34. The smallest absolute Gasteiger partial charge is 0.256 e. The molecule has 0 atom stereocenters. The molecule has 33 heavy (non-hydrogen) atoms. The molecule has 1 N–H and O–H groups in total. The highest BCUT2D eigenvalue weighted by atomic mass is 19.1. The minimum absolute atomic E-state index is 0.0259. The fourth-order valence-corrected chi connectivity index (χ4v) is 4.57. The van der Waals surface area contributed by atoms with Crippen molar-refractivity contribution in [3.63, 3.8) is 0 Å². The summed E-state index contributed by atoms with van der Waals surface area (Å²) >= 11 is 0. The number of nitrogens with one attached hydrogen (secondary N) is 1. The van der Waals surface area contributed by atoms with Crippen molar-refractivity contribution in [3.05, 3.63) is 59.7 Å². The van der Waals surface area contributed by atoms with Gasteiger partial charge in [-0.25, -0.2) is 8.78 Å². The van der Waals surface area contributed by atoms with Crippen molar-refractivity contribution in [1.82, 2.24) is 10.2 Å². The maximum Gasteiger partial charge on any atom is 0.256 e. The second-order valence-corrected chi connectivity index (χ2v) is 8.66. The Morgan fingerprint density at radius 1 is 0.939 bits per heavy atom. The first kappa shape index (κ1) is 23.0. The van der Waals surface area contributed by atoms with Gasteiger partial charge >= 0.3 is 0 Å². The SMILES string of the molecule is COc1ccc(N2CCC(NC(=O)C3CCN(C(=O)c4ccc(F)cc4F)CC3)CC2)cc1. The van der Waals surface area contributed by atoms with Gasteiger partial charge in [-0.15, -0.1) is 0 Å². The van der Waals surface area contributed by atoms with Gasteiger partial charge in [0.1, 0.15) is 17.4 Å². The molecule has 176 valence electrons. The molecule has 0 aliphatic carbocycles. The van der Waals surface area contributed by atoms with Crippen LogP contribution in [-0.4, -0.2) is 56.0 Å². The number of carbonyl (C=O) groups excluding carboxylic acids is 2. The zero-order chi connectivity index (χ0) is 23.4. The lowest BCUT2D eigenvalue weighted by atomic mass is 9.94. The Balaban J connectivity index is 1.23. The van der Waals surface area contributed by atoms with Crippen LogP contribution in [0.1, 0.15) is 36.0 Å². The largest absolute Gasteiger partial charge is 0.497 e. The van der Waals surface area contributed by atoms with E-state index < -0.39 is 17.5 Å². The zero-order valence-electron chi connectivity index (χ0n) is 18.7. The number of nitrogens with zero attached hydrogens (tertiary/aromatic N) is 2. The molecule has 0 unspecified atom stereocenters. The van der Waals surface area contributed by atoms with Gasteiger partial charge in [0.05, 0.1) is 12.7 Å². The van der Waals surface area contributed by atoms with Gasteiger partial charge in [-0.05, 0) is 62.1 Å². The Hall–Kier alpha value is -3.16. The Morgan fingerprint density at radius 3 is 2.21 bits per heavy atom. The number of rotatable bonds is 5. The number of benzene rings is 2. The fourth-order valence-electron chi connectivity index (χ4n) is 4.57. The Bertz CT molecular complexity index is 983. The number of carbonyl (C=O) groups is 2. The van der Waals surface area contributed by atoms with Gasteiger partial charge in [0.15, 0.2) is 0 Å². The minimum atomic E-state index is -0.860. The third-order valence-electron chi connectivity index (χ3n) is 6.59. The molecule has 6 nitrogen and oxygen atoms in total. The van der Waals surface area contributed by atoms with E-state index in [-0.39, 0.29) is 23.4 Å². The number of halogens is 2. The molecular formula is C25H29F2N3O3. The van der Waals surface area contributed by atoms with E-state index in [1.165, 1.54) is 11.0 Å². The van der Waals surface area contributed by atoms with Crippen LogP contribution in [0.3, 0.4) is 0 Å². The van der Waals surface area contributed by atoms with E-state index >= 15 is 0 Å². The maximum atomic E-state index is 13.9. The van der Waals surface area contributed by atoms with Crippen molar-refractivity contribution in [2.75, 3.05) is 38.2 Å². The summed E-state index contributed by atoms with van der Waals surface area (Å²) in [5, 5.41) is 3.18. The molecule has 2 saturated heterocycles. The fraction of sp³-hybridized carbons (Fsp3) is 0.440. The maximum absolute atomic E-state index is 13.9. The lowest BCUT2D eigenvalue weighted by Gasteiger charge is -2.36. The second-order valence-electron chi connectivity index (χ2n) is 8.66. The summed E-state index contributed by atoms with van der Waals surface area (Å²) < 4.78 is 32.2. The monoisotopic (exact) mass is 457 g/mol. The standard InChI is InChI=1S/C25H29F2N3O3/c1-33-21-5-3-20(4-6-21)29-14-10-19(11-15-29)28-24(31)17-8-12-30(13-9-17)25(32)22-7-2-18(26)16-23(22)27/h2-7,16-17,19H,8-15H2,1H3,(H,28,31). The summed E-state index contributed by atoms with van der Waals surface area (Å²) in [6.07, 6.45) is 2.81. The average Bonchev–Trinajstić information content (AvgIpc) is 2.84. The van der Waals surface area contributed by atoms with E-state index in [1.807, 2.05) is 24.3 Å². The number of piperidine rings is 2. The second kappa shape index (κ2) is 10.2. The summed E-state index contributed by atoms with van der Waals surface area (Å²) in [5.41, 5.74) is 1.01. The predicted molar refractivity (Wildman–Crippen MR) is 121 cm³/mol. The number of ether oxygens (including phenoxy) is 1. The lowest BCUT2D eigenvalue weighted by molar-refractivity contribution is -0.127. The molecule has 2 fully saturated rings. The van der Waals surface area contributed by atoms with Gasteiger partial charge in [-0.1, -0.05) is 0 Å². The highest BCUT2D eigenvalue weighted by molar-refractivity contribution is 5.94. The zero-order valence-corrected chi connectivity index (χ0v) is 18.7. The molecule has 0 bridgehead atoms. The Morgan fingerprint density at radius 2 is 1.61 bits per heavy atom. The number of hydrogen-bond donors (Lipinski definition) is 1. The van der Waals surface area contributed by atoms with Crippen LogP contribution in [0.25, 0.3) is 0 Å². The molecule has 4 rings (SSSR count). The summed E-state index contributed by atoms with van der Waals surface area (Å²) in [4.78, 5) is 29.2. The van der Waals surface area contributed by atoms with Crippen LogP contribution < -0.4 is 15.0 Å². The van der Waals surface area contributed by atoms with Crippen molar-refractivity contribution in [2.45, 2.75) is 31.7 Å². The van der Waals surface area contributed by atoms with Crippen LogP contribution in [0.15, 0.2) is 42.5 Å². The van der Waals surface area contributed by atoms with Gasteiger partial charge in [0.25, 0.3) is 5.91 Å². The summed E-state index contributed by atoms with van der Waals surface area (Å²) in [7, 11) is 1.65. The number of hydrogen-bond acceptors (Lipinski definition) is 4. The Labute approximate surface area is 192 Å². The summed E-state index contributed by atoms with van der Waals surface area (Å²) in [6, 6.07) is 11.1. The minimum Gasteiger partial charge on any atom is -0.497 e. The molecule has 0 spiro atoms. The lowest BCUT2D eigenvalue weighted by Crippen LogP contribution is -2.48. The van der Waals surface area contributed by atoms with Crippen molar-refractivity contribution in [1.29, 1.82) is 0 Å². The third-order valence-corrected chi connectivity index (χ3v) is 6.59. The highest BCUT2D eigenvalue weighted by Crippen LogP contribution is 2.24. The van der Waals surface area contributed by atoms with Crippen LogP contribution in [-0.2, 0) is 4.79 Å². The topological polar surface area (TPSA) is 61.9 Å². The molecule has 2 aromatic carbocycles.